The van der Waals surface area contributed by atoms with E-state index in [0.717, 1.165) is 11.1 Å². The zero-order valence-corrected chi connectivity index (χ0v) is 11.4. The van der Waals surface area contributed by atoms with Gasteiger partial charge >= 0.3 is 0 Å². The summed E-state index contributed by atoms with van der Waals surface area (Å²) in [6.07, 6.45) is 10.9. The van der Waals surface area contributed by atoms with Crippen LogP contribution in [0.2, 0.25) is 0 Å². The van der Waals surface area contributed by atoms with Crippen molar-refractivity contribution in [2.45, 2.75) is 27.7 Å². The fourth-order valence-corrected chi connectivity index (χ4v) is 1.93. The van der Waals surface area contributed by atoms with E-state index in [1.54, 1.807) is 0 Å². The molecular weight excluding hydrogens is 206 g/mol. The van der Waals surface area contributed by atoms with E-state index in [9.17, 15) is 0 Å². The number of hydrogen-bond acceptors (Lipinski definition) is 1. The Morgan fingerprint density at radius 2 is 2.12 bits per heavy atom. The minimum Gasteiger partial charge on any atom is -0.326 e. The second-order valence-corrected chi connectivity index (χ2v) is 5.28. The molecule has 0 aromatic rings. The smallest absolute Gasteiger partial charge is 0.0180 e. The van der Waals surface area contributed by atoms with Crippen LogP contribution in [-0.2, 0) is 0 Å². The lowest BCUT2D eigenvalue weighted by Gasteiger charge is -2.15. The van der Waals surface area contributed by atoms with Gasteiger partial charge in [0.2, 0.25) is 0 Å². The molecule has 0 unspecified atom stereocenters. The summed E-state index contributed by atoms with van der Waals surface area (Å²) in [5.74, 6) is 0. The summed E-state index contributed by atoms with van der Waals surface area (Å²) < 4.78 is 0. The molecule has 92 valence electrons. The number of nitrogens with two attached hydrogens (primary N) is 1. The maximum absolute atomic E-state index is 5.73. The summed E-state index contributed by atoms with van der Waals surface area (Å²) in [4.78, 5) is 0. The van der Waals surface area contributed by atoms with Crippen molar-refractivity contribution in [3.05, 3.63) is 59.3 Å². The van der Waals surface area contributed by atoms with E-state index in [0.29, 0.717) is 6.54 Å². The minimum absolute atomic E-state index is 0.113. The Labute approximate surface area is 105 Å². The van der Waals surface area contributed by atoms with Crippen molar-refractivity contribution >= 4 is 0 Å². The Morgan fingerprint density at radius 3 is 2.65 bits per heavy atom. The Hall–Kier alpha value is -1.34. The predicted molar refractivity (Wildman–Crippen MR) is 76.7 cm³/mol. The molecule has 1 heteroatoms. The van der Waals surface area contributed by atoms with Gasteiger partial charge in [0.25, 0.3) is 0 Å². The van der Waals surface area contributed by atoms with Crippen LogP contribution in [0.25, 0.3) is 0 Å². The van der Waals surface area contributed by atoms with Gasteiger partial charge in [0.1, 0.15) is 0 Å². The third kappa shape index (κ3) is 3.86. The Balaban J connectivity index is 3.12. The molecule has 1 rings (SSSR count). The average molecular weight is 229 g/mol. The van der Waals surface area contributed by atoms with Crippen molar-refractivity contribution in [1.82, 2.24) is 0 Å². The molecule has 0 aromatic heterocycles. The molecule has 17 heavy (non-hydrogen) atoms. The van der Waals surface area contributed by atoms with Gasteiger partial charge in [-0.3, -0.25) is 0 Å². The molecular formula is C16H23N. The number of rotatable bonds is 3. The maximum atomic E-state index is 5.73. The lowest BCUT2D eigenvalue weighted by molar-refractivity contribution is 0.623. The monoisotopic (exact) mass is 229 g/mol. The molecule has 2 N–H and O–H groups in total. The van der Waals surface area contributed by atoms with Crippen LogP contribution in [0.3, 0.4) is 0 Å². The zero-order valence-electron chi connectivity index (χ0n) is 11.4. The molecule has 0 heterocycles. The van der Waals surface area contributed by atoms with E-state index in [2.05, 4.69) is 57.7 Å². The molecule has 1 nitrogen and oxygen atoms in total. The largest absolute Gasteiger partial charge is 0.326 e. The molecule has 0 fully saturated rings. The summed E-state index contributed by atoms with van der Waals surface area (Å²) in [7, 11) is 0. The van der Waals surface area contributed by atoms with E-state index in [1.165, 1.54) is 11.1 Å². The molecule has 0 saturated carbocycles. The van der Waals surface area contributed by atoms with Crippen molar-refractivity contribution in [3.8, 4) is 0 Å². The third-order valence-electron chi connectivity index (χ3n) is 2.94. The van der Waals surface area contributed by atoms with Gasteiger partial charge in [0.15, 0.2) is 0 Å². The van der Waals surface area contributed by atoms with Gasteiger partial charge < -0.3 is 5.73 Å². The van der Waals surface area contributed by atoms with E-state index in [1.807, 2.05) is 6.92 Å². The molecule has 0 spiro atoms. The van der Waals surface area contributed by atoms with Gasteiger partial charge in [-0.1, -0.05) is 50.3 Å². The van der Waals surface area contributed by atoms with Crippen molar-refractivity contribution in [3.63, 3.8) is 0 Å². The molecule has 0 atom stereocenters. The molecule has 0 saturated heterocycles. The van der Waals surface area contributed by atoms with Crippen LogP contribution < -0.4 is 5.73 Å². The van der Waals surface area contributed by atoms with Crippen LogP contribution in [-0.4, -0.2) is 6.54 Å². The molecule has 1 aliphatic carbocycles. The van der Waals surface area contributed by atoms with E-state index >= 15 is 0 Å². The molecule has 0 aliphatic heterocycles. The highest BCUT2D eigenvalue weighted by atomic mass is 14.5. The van der Waals surface area contributed by atoms with Crippen LogP contribution in [0.1, 0.15) is 27.7 Å². The van der Waals surface area contributed by atoms with Crippen LogP contribution in [0, 0.1) is 5.41 Å². The maximum Gasteiger partial charge on any atom is 0.0180 e. The minimum atomic E-state index is 0.113. The SMILES string of the molecule is C=C(C)/C(=C\C1=CC=CC(C)(C)C=C1C)CN. The second-order valence-electron chi connectivity index (χ2n) is 5.28. The highest BCUT2D eigenvalue weighted by Crippen LogP contribution is 2.28. The van der Waals surface area contributed by atoms with Crippen LogP contribution in [0.5, 0.6) is 0 Å². The first kappa shape index (κ1) is 13.7. The van der Waals surface area contributed by atoms with Gasteiger partial charge in [0.05, 0.1) is 0 Å². The van der Waals surface area contributed by atoms with E-state index < -0.39 is 0 Å². The lowest BCUT2D eigenvalue weighted by atomic mass is 9.90. The molecule has 0 radical (unpaired) electrons. The normalized spacial score (nSPS) is 19.5. The number of hydrogen-bond donors (Lipinski definition) is 1. The zero-order chi connectivity index (χ0) is 13.1. The summed E-state index contributed by atoms with van der Waals surface area (Å²) >= 11 is 0. The average Bonchev–Trinajstić information content (AvgIpc) is 2.32. The topological polar surface area (TPSA) is 26.0 Å². The summed E-state index contributed by atoms with van der Waals surface area (Å²) in [6, 6.07) is 0. The Morgan fingerprint density at radius 1 is 1.47 bits per heavy atom. The Kier molecular flexibility index (Phi) is 4.30. The number of allylic oxidation sites excluding steroid dienone is 7. The van der Waals surface area contributed by atoms with Crippen LogP contribution in [0.15, 0.2) is 59.3 Å². The van der Waals surface area contributed by atoms with Crippen molar-refractivity contribution in [2.75, 3.05) is 6.54 Å². The fourth-order valence-electron chi connectivity index (χ4n) is 1.93. The molecule has 1 aliphatic rings. The Bertz CT molecular complexity index is 428. The van der Waals surface area contributed by atoms with Crippen molar-refractivity contribution in [2.24, 2.45) is 11.1 Å². The first-order chi connectivity index (χ1) is 7.85. The van der Waals surface area contributed by atoms with Gasteiger partial charge in [0, 0.05) is 12.0 Å². The third-order valence-corrected chi connectivity index (χ3v) is 2.94. The van der Waals surface area contributed by atoms with Crippen LogP contribution >= 0.6 is 0 Å². The summed E-state index contributed by atoms with van der Waals surface area (Å²) in [6.45, 7) is 13.0. The molecule has 0 bridgehead atoms. The van der Waals surface area contributed by atoms with Crippen LogP contribution in [0.4, 0.5) is 0 Å². The quantitative estimate of drug-likeness (QED) is 0.729. The van der Waals surface area contributed by atoms with Gasteiger partial charge in [-0.2, -0.15) is 0 Å². The fraction of sp³-hybridized carbons (Fsp3) is 0.375. The highest BCUT2D eigenvalue weighted by Gasteiger charge is 2.13. The molecule has 0 amide bonds. The van der Waals surface area contributed by atoms with Gasteiger partial charge in [-0.25, -0.2) is 0 Å². The van der Waals surface area contributed by atoms with Gasteiger partial charge in [-0.05, 0) is 36.6 Å². The highest BCUT2D eigenvalue weighted by molar-refractivity contribution is 5.48. The standard InChI is InChI=1S/C16H23N/c1-12(2)15(11-17)9-14-7-6-8-16(4,5)10-13(14)3/h6-10H,1,11,17H2,2-5H3/b15-9-. The van der Waals surface area contributed by atoms with E-state index in [-0.39, 0.29) is 5.41 Å². The van der Waals surface area contributed by atoms with Crippen molar-refractivity contribution < 1.29 is 0 Å². The van der Waals surface area contributed by atoms with E-state index in [4.69, 9.17) is 5.73 Å². The van der Waals surface area contributed by atoms with Crippen molar-refractivity contribution in [1.29, 1.82) is 0 Å². The first-order valence-corrected chi connectivity index (χ1v) is 6.01. The first-order valence-electron chi connectivity index (χ1n) is 6.01. The summed E-state index contributed by atoms with van der Waals surface area (Å²) in [5, 5.41) is 0. The molecule has 0 aromatic carbocycles. The van der Waals surface area contributed by atoms with Gasteiger partial charge in [-0.15, -0.1) is 0 Å². The second kappa shape index (κ2) is 5.33. The predicted octanol–water partition coefficient (Wildman–Crippen LogP) is 3.92. The summed E-state index contributed by atoms with van der Waals surface area (Å²) in [5.41, 5.74) is 10.5. The lowest BCUT2D eigenvalue weighted by Crippen LogP contribution is -2.05.